The van der Waals surface area contributed by atoms with Crippen LogP contribution in [-0.2, 0) is 6.42 Å². The van der Waals surface area contributed by atoms with Crippen LogP contribution in [0.5, 0.6) is 0 Å². The lowest BCUT2D eigenvalue weighted by molar-refractivity contribution is 0.455. The van der Waals surface area contributed by atoms with Crippen LogP contribution in [0.15, 0.2) is 22.9 Å². The monoisotopic (exact) mass is 189 g/mol. The fourth-order valence-electron chi connectivity index (χ4n) is 1.76. The maximum absolute atomic E-state index is 5.22. The Morgan fingerprint density at radius 2 is 2.14 bits per heavy atom. The zero-order chi connectivity index (χ0) is 10.1. The fourth-order valence-corrected chi connectivity index (χ4v) is 1.76. The predicted molar refractivity (Wildman–Crippen MR) is 57.3 cm³/mol. The van der Waals surface area contributed by atoms with Crippen molar-refractivity contribution in [3.05, 3.63) is 29.5 Å². The summed E-state index contributed by atoms with van der Waals surface area (Å²) in [6.07, 6.45) is 2.90. The summed E-state index contributed by atoms with van der Waals surface area (Å²) in [5.41, 5.74) is 3.43. The van der Waals surface area contributed by atoms with E-state index in [-0.39, 0.29) is 0 Å². The molecule has 0 unspecified atom stereocenters. The molecule has 0 spiro atoms. The summed E-state index contributed by atoms with van der Waals surface area (Å²) in [6.45, 7) is 6.49. The van der Waals surface area contributed by atoms with Gasteiger partial charge in [0.2, 0.25) is 0 Å². The van der Waals surface area contributed by atoms with E-state index in [1.165, 1.54) is 10.9 Å². The molecule has 74 valence electrons. The zero-order valence-corrected chi connectivity index (χ0v) is 8.87. The molecule has 14 heavy (non-hydrogen) atoms. The Hall–Kier alpha value is -1.31. The summed E-state index contributed by atoms with van der Waals surface area (Å²) in [5, 5.41) is 5.02. The van der Waals surface area contributed by atoms with Gasteiger partial charge < -0.3 is 4.52 Å². The van der Waals surface area contributed by atoms with Crippen LogP contribution in [0.2, 0.25) is 0 Å². The summed E-state index contributed by atoms with van der Waals surface area (Å²) >= 11 is 0. The number of aryl methyl sites for hydroxylation is 1. The molecule has 0 amide bonds. The molecule has 0 aliphatic heterocycles. The highest BCUT2D eigenvalue weighted by Gasteiger charge is 2.08. The largest absolute Gasteiger partial charge is 0.356 e. The Labute approximate surface area is 83.9 Å². The maximum Gasteiger partial charge on any atom is 0.170 e. The van der Waals surface area contributed by atoms with E-state index >= 15 is 0 Å². The summed E-state index contributed by atoms with van der Waals surface area (Å²) in [4.78, 5) is 0. The second kappa shape index (κ2) is 3.45. The van der Waals surface area contributed by atoms with Crippen molar-refractivity contribution in [3.63, 3.8) is 0 Å². The Morgan fingerprint density at radius 3 is 2.86 bits per heavy atom. The van der Waals surface area contributed by atoms with Gasteiger partial charge in [-0.25, -0.2) is 0 Å². The number of nitrogens with zero attached hydrogens (tertiary/aromatic N) is 1. The van der Waals surface area contributed by atoms with E-state index in [0.29, 0.717) is 5.92 Å². The van der Waals surface area contributed by atoms with Gasteiger partial charge in [0, 0.05) is 5.39 Å². The third-order valence-corrected chi connectivity index (χ3v) is 2.44. The van der Waals surface area contributed by atoms with Crippen LogP contribution >= 0.6 is 0 Å². The average Bonchev–Trinajstić information content (AvgIpc) is 2.58. The smallest absolute Gasteiger partial charge is 0.170 e. The molecule has 0 bridgehead atoms. The average molecular weight is 189 g/mol. The molecule has 0 aliphatic carbocycles. The highest BCUT2D eigenvalue weighted by Crippen LogP contribution is 2.23. The molecule has 0 radical (unpaired) electrons. The minimum Gasteiger partial charge on any atom is -0.356 e. The molecule has 2 aromatic rings. The van der Waals surface area contributed by atoms with Crippen LogP contribution in [0.4, 0.5) is 0 Å². The Kier molecular flexibility index (Phi) is 2.28. The summed E-state index contributed by atoms with van der Waals surface area (Å²) in [5.74, 6) is 0.663. The third-order valence-electron chi connectivity index (χ3n) is 2.44. The Balaban J connectivity index is 2.55. The van der Waals surface area contributed by atoms with E-state index in [1.54, 1.807) is 0 Å². The number of hydrogen-bond acceptors (Lipinski definition) is 2. The molecule has 0 fully saturated rings. The first-order valence-electron chi connectivity index (χ1n) is 5.01. The normalized spacial score (nSPS) is 11.4. The van der Waals surface area contributed by atoms with E-state index in [4.69, 9.17) is 4.52 Å². The molecular formula is C12H15NO. The van der Waals surface area contributed by atoms with Crippen LogP contribution in [0.1, 0.15) is 25.0 Å². The van der Waals surface area contributed by atoms with Gasteiger partial charge in [0.15, 0.2) is 5.58 Å². The quantitative estimate of drug-likeness (QED) is 0.724. The number of fused-ring (bicyclic) bond motifs is 1. The van der Waals surface area contributed by atoms with Crippen molar-refractivity contribution in [2.45, 2.75) is 27.2 Å². The van der Waals surface area contributed by atoms with Gasteiger partial charge in [0.1, 0.15) is 0 Å². The first kappa shape index (κ1) is 9.25. The molecule has 2 heteroatoms. The first-order chi connectivity index (χ1) is 6.68. The number of benzene rings is 1. The van der Waals surface area contributed by atoms with E-state index in [0.717, 1.165) is 17.6 Å². The Morgan fingerprint density at radius 1 is 1.36 bits per heavy atom. The lowest BCUT2D eigenvalue weighted by Gasteiger charge is -2.06. The SMILES string of the molecule is Cc1ccc(CC(C)C)c2cnoc12. The van der Waals surface area contributed by atoms with Gasteiger partial charge in [-0.3, -0.25) is 0 Å². The van der Waals surface area contributed by atoms with E-state index in [9.17, 15) is 0 Å². The lowest BCUT2D eigenvalue weighted by Crippen LogP contribution is -1.94. The minimum absolute atomic E-state index is 0.663. The van der Waals surface area contributed by atoms with Crippen LogP contribution in [0.3, 0.4) is 0 Å². The van der Waals surface area contributed by atoms with Crippen molar-refractivity contribution in [1.82, 2.24) is 5.16 Å². The molecule has 2 rings (SSSR count). The highest BCUT2D eigenvalue weighted by molar-refractivity contribution is 5.82. The van der Waals surface area contributed by atoms with E-state index < -0.39 is 0 Å². The van der Waals surface area contributed by atoms with Gasteiger partial charge in [0.05, 0.1) is 6.20 Å². The van der Waals surface area contributed by atoms with Gasteiger partial charge in [-0.15, -0.1) is 0 Å². The van der Waals surface area contributed by atoms with Gasteiger partial charge in [-0.05, 0) is 30.4 Å². The molecule has 0 aliphatic rings. The van der Waals surface area contributed by atoms with Crippen molar-refractivity contribution in [2.24, 2.45) is 5.92 Å². The van der Waals surface area contributed by atoms with Gasteiger partial charge in [0.25, 0.3) is 0 Å². The van der Waals surface area contributed by atoms with E-state index in [1.807, 2.05) is 13.1 Å². The molecule has 0 saturated carbocycles. The predicted octanol–water partition coefficient (Wildman–Crippen LogP) is 3.33. The van der Waals surface area contributed by atoms with E-state index in [2.05, 4.69) is 31.1 Å². The topological polar surface area (TPSA) is 26.0 Å². The molecule has 0 atom stereocenters. The van der Waals surface area contributed by atoms with Crippen molar-refractivity contribution >= 4 is 11.0 Å². The summed E-state index contributed by atoms with van der Waals surface area (Å²) in [7, 11) is 0. The minimum atomic E-state index is 0.663. The number of aromatic nitrogens is 1. The molecule has 2 nitrogen and oxygen atoms in total. The second-order valence-electron chi connectivity index (χ2n) is 4.21. The van der Waals surface area contributed by atoms with Crippen molar-refractivity contribution in [1.29, 1.82) is 0 Å². The van der Waals surface area contributed by atoms with Crippen molar-refractivity contribution in [3.8, 4) is 0 Å². The molecule has 1 aromatic carbocycles. The zero-order valence-electron chi connectivity index (χ0n) is 8.87. The van der Waals surface area contributed by atoms with Crippen molar-refractivity contribution in [2.75, 3.05) is 0 Å². The Bertz CT molecular complexity index is 443. The number of hydrogen-bond donors (Lipinski definition) is 0. The summed E-state index contributed by atoms with van der Waals surface area (Å²) < 4.78 is 5.22. The van der Waals surface area contributed by atoms with Crippen LogP contribution in [0.25, 0.3) is 11.0 Å². The maximum atomic E-state index is 5.22. The fraction of sp³-hybridized carbons (Fsp3) is 0.417. The second-order valence-corrected chi connectivity index (χ2v) is 4.21. The van der Waals surface area contributed by atoms with Crippen LogP contribution < -0.4 is 0 Å². The van der Waals surface area contributed by atoms with Gasteiger partial charge in [-0.1, -0.05) is 31.1 Å². The standard InChI is InChI=1S/C12H15NO/c1-8(2)6-10-5-4-9(3)12-11(10)7-13-14-12/h4-5,7-8H,6H2,1-3H3. The molecule has 0 saturated heterocycles. The first-order valence-corrected chi connectivity index (χ1v) is 5.01. The number of rotatable bonds is 2. The van der Waals surface area contributed by atoms with Gasteiger partial charge >= 0.3 is 0 Å². The van der Waals surface area contributed by atoms with Crippen LogP contribution in [-0.4, -0.2) is 5.16 Å². The molecule has 0 N–H and O–H groups in total. The van der Waals surface area contributed by atoms with Crippen LogP contribution in [0, 0.1) is 12.8 Å². The highest BCUT2D eigenvalue weighted by atomic mass is 16.5. The molecule has 1 heterocycles. The molecular weight excluding hydrogens is 174 g/mol. The summed E-state index contributed by atoms with van der Waals surface area (Å²) in [6, 6.07) is 4.28. The molecule has 1 aromatic heterocycles. The lowest BCUT2D eigenvalue weighted by atomic mass is 9.99. The van der Waals surface area contributed by atoms with Crippen molar-refractivity contribution < 1.29 is 4.52 Å². The van der Waals surface area contributed by atoms with Gasteiger partial charge in [-0.2, -0.15) is 0 Å². The third kappa shape index (κ3) is 1.52.